The van der Waals surface area contributed by atoms with Gasteiger partial charge in [0.15, 0.2) is 5.82 Å². The second-order valence-electron chi connectivity index (χ2n) is 3.78. The first kappa shape index (κ1) is 10.5. The molecule has 18 heavy (non-hydrogen) atoms. The standard InChI is InChI=1S/C14H11N3O/c1-2-4-12(5-3-1)18-13-8-6-11(7-9-13)14-15-10-16-17-14/h1-10H,(H,15,16,17). The average molecular weight is 237 g/mol. The van der Waals surface area contributed by atoms with E-state index in [-0.39, 0.29) is 0 Å². The van der Waals surface area contributed by atoms with Gasteiger partial charge in [-0.15, -0.1) is 10.2 Å². The third-order valence-corrected chi connectivity index (χ3v) is 2.52. The number of nitrogens with zero attached hydrogens (tertiary/aromatic N) is 2. The number of para-hydroxylation sites is 1. The van der Waals surface area contributed by atoms with Crippen molar-refractivity contribution in [1.29, 1.82) is 0 Å². The van der Waals surface area contributed by atoms with Crippen LogP contribution in [0, 0.1) is 0 Å². The van der Waals surface area contributed by atoms with E-state index in [1.165, 1.54) is 0 Å². The Balaban J connectivity index is 1.80. The summed E-state index contributed by atoms with van der Waals surface area (Å²) in [6.07, 6.45) is 1.56. The topological polar surface area (TPSA) is 50.8 Å². The van der Waals surface area contributed by atoms with Gasteiger partial charge in [-0.25, -0.2) is 0 Å². The van der Waals surface area contributed by atoms with Gasteiger partial charge in [-0.05, 0) is 36.4 Å². The van der Waals surface area contributed by atoms with Crippen LogP contribution in [0.3, 0.4) is 0 Å². The van der Waals surface area contributed by atoms with Crippen molar-refractivity contribution in [2.75, 3.05) is 0 Å². The van der Waals surface area contributed by atoms with Gasteiger partial charge >= 0.3 is 0 Å². The number of hydrogen-bond donors (Lipinski definition) is 1. The van der Waals surface area contributed by atoms with E-state index in [1.807, 2.05) is 54.6 Å². The van der Waals surface area contributed by atoms with E-state index in [4.69, 9.17) is 4.74 Å². The molecule has 3 aromatic rings. The highest BCUT2D eigenvalue weighted by Gasteiger charge is 2.01. The summed E-state index contributed by atoms with van der Waals surface area (Å²) < 4.78 is 5.70. The first-order chi connectivity index (χ1) is 8.92. The van der Waals surface area contributed by atoms with Crippen LogP contribution < -0.4 is 4.74 Å². The number of rotatable bonds is 3. The van der Waals surface area contributed by atoms with Gasteiger partial charge in [0.1, 0.15) is 17.8 Å². The van der Waals surface area contributed by atoms with Crippen molar-refractivity contribution in [2.24, 2.45) is 0 Å². The van der Waals surface area contributed by atoms with Crippen LogP contribution in [-0.4, -0.2) is 15.2 Å². The molecule has 0 saturated heterocycles. The molecule has 3 rings (SSSR count). The molecule has 1 aromatic heterocycles. The quantitative estimate of drug-likeness (QED) is 0.760. The van der Waals surface area contributed by atoms with E-state index in [1.54, 1.807) is 6.33 Å². The Labute approximate surface area is 104 Å². The zero-order chi connectivity index (χ0) is 12.2. The number of nitrogens with one attached hydrogen (secondary N) is 1. The Morgan fingerprint density at radius 2 is 1.56 bits per heavy atom. The maximum absolute atomic E-state index is 5.70. The Hall–Kier alpha value is -2.62. The Kier molecular flexibility index (Phi) is 2.75. The predicted molar refractivity (Wildman–Crippen MR) is 68.3 cm³/mol. The number of aromatic amines is 1. The molecule has 88 valence electrons. The van der Waals surface area contributed by atoms with Crippen LogP contribution in [0.4, 0.5) is 0 Å². The van der Waals surface area contributed by atoms with E-state index in [0.29, 0.717) is 0 Å². The third kappa shape index (κ3) is 2.22. The molecule has 0 saturated carbocycles. The summed E-state index contributed by atoms with van der Waals surface area (Å²) in [4.78, 5) is 2.96. The van der Waals surface area contributed by atoms with Crippen LogP contribution in [-0.2, 0) is 0 Å². The molecule has 1 heterocycles. The van der Waals surface area contributed by atoms with Crippen molar-refractivity contribution >= 4 is 0 Å². The van der Waals surface area contributed by atoms with E-state index < -0.39 is 0 Å². The summed E-state index contributed by atoms with van der Waals surface area (Å²) in [5.41, 5.74) is 0.980. The van der Waals surface area contributed by atoms with Gasteiger partial charge < -0.3 is 9.72 Å². The van der Waals surface area contributed by atoms with Gasteiger partial charge in [-0.1, -0.05) is 18.2 Å². The highest BCUT2D eigenvalue weighted by molar-refractivity contribution is 5.55. The van der Waals surface area contributed by atoms with Crippen molar-refractivity contribution in [3.63, 3.8) is 0 Å². The molecule has 0 unspecified atom stereocenters. The van der Waals surface area contributed by atoms with Gasteiger partial charge in [0.25, 0.3) is 0 Å². The molecule has 0 fully saturated rings. The Morgan fingerprint density at radius 3 is 2.22 bits per heavy atom. The van der Waals surface area contributed by atoms with Crippen molar-refractivity contribution in [3.05, 3.63) is 60.9 Å². The second-order valence-corrected chi connectivity index (χ2v) is 3.78. The van der Waals surface area contributed by atoms with Crippen LogP contribution in [0.15, 0.2) is 60.9 Å². The van der Waals surface area contributed by atoms with Crippen LogP contribution >= 0.6 is 0 Å². The van der Waals surface area contributed by atoms with Crippen molar-refractivity contribution in [1.82, 2.24) is 15.2 Å². The highest BCUT2D eigenvalue weighted by atomic mass is 16.5. The molecule has 2 aromatic carbocycles. The molecule has 0 bridgehead atoms. The number of ether oxygens (including phenoxy) is 1. The number of H-pyrrole nitrogens is 1. The lowest BCUT2D eigenvalue weighted by Gasteiger charge is -2.05. The van der Waals surface area contributed by atoms with Crippen LogP contribution in [0.2, 0.25) is 0 Å². The molecule has 0 aliphatic carbocycles. The summed E-state index contributed by atoms with van der Waals surface area (Å²) in [5, 5.41) is 7.71. The van der Waals surface area contributed by atoms with Crippen LogP contribution in [0.1, 0.15) is 0 Å². The number of hydrogen-bond acceptors (Lipinski definition) is 3. The summed E-state index contributed by atoms with van der Waals surface area (Å²) in [5.74, 6) is 2.37. The number of benzene rings is 2. The molecule has 4 heteroatoms. The minimum Gasteiger partial charge on any atom is -0.457 e. The fraction of sp³-hybridized carbons (Fsp3) is 0. The van der Waals surface area contributed by atoms with E-state index >= 15 is 0 Å². The minimum atomic E-state index is 0.751. The molecule has 4 nitrogen and oxygen atoms in total. The van der Waals surface area contributed by atoms with Gasteiger partial charge in [-0.3, -0.25) is 0 Å². The molecular weight excluding hydrogens is 226 g/mol. The monoisotopic (exact) mass is 237 g/mol. The Morgan fingerprint density at radius 1 is 0.833 bits per heavy atom. The van der Waals surface area contributed by atoms with Crippen molar-refractivity contribution in [3.8, 4) is 22.9 Å². The van der Waals surface area contributed by atoms with E-state index in [0.717, 1.165) is 22.9 Å². The summed E-state index contributed by atoms with van der Waals surface area (Å²) in [6.45, 7) is 0. The third-order valence-electron chi connectivity index (χ3n) is 2.52. The smallest absolute Gasteiger partial charge is 0.161 e. The molecule has 0 aliphatic heterocycles. The molecule has 0 spiro atoms. The van der Waals surface area contributed by atoms with Crippen LogP contribution in [0.5, 0.6) is 11.5 Å². The first-order valence-corrected chi connectivity index (χ1v) is 5.61. The fourth-order valence-electron chi connectivity index (χ4n) is 1.65. The van der Waals surface area contributed by atoms with Gasteiger partial charge in [0.2, 0.25) is 0 Å². The molecule has 0 amide bonds. The molecule has 1 N–H and O–H groups in total. The largest absolute Gasteiger partial charge is 0.457 e. The molecular formula is C14H11N3O. The Bertz CT molecular complexity index is 603. The van der Waals surface area contributed by atoms with Crippen molar-refractivity contribution in [2.45, 2.75) is 0 Å². The molecule has 0 aliphatic rings. The lowest BCUT2D eigenvalue weighted by atomic mass is 10.2. The van der Waals surface area contributed by atoms with Gasteiger partial charge in [-0.2, -0.15) is 0 Å². The van der Waals surface area contributed by atoms with Crippen LogP contribution in [0.25, 0.3) is 11.4 Å². The van der Waals surface area contributed by atoms with Gasteiger partial charge in [0, 0.05) is 5.56 Å². The SMILES string of the molecule is c1ccc(Oc2ccc(-c3nnc[nH]3)cc2)cc1. The van der Waals surface area contributed by atoms with Gasteiger partial charge in [0.05, 0.1) is 0 Å². The summed E-state index contributed by atoms with van der Waals surface area (Å²) in [6, 6.07) is 17.4. The zero-order valence-electron chi connectivity index (χ0n) is 9.58. The van der Waals surface area contributed by atoms with Crippen molar-refractivity contribution < 1.29 is 4.74 Å². The average Bonchev–Trinajstić information content (AvgIpc) is 2.95. The number of aromatic nitrogens is 3. The zero-order valence-corrected chi connectivity index (χ0v) is 9.58. The van der Waals surface area contributed by atoms with E-state index in [9.17, 15) is 0 Å². The maximum atomic E-state index is 5.70. The predicted octanol–water partition coefficient (Wildman–Crippen LogP) is 3.26. The lowest BCUT2D eigenvalue weighted by Crippen LogP contribution is -1.85. The van der Waals surface area contributed by atoms with E-state index in [2.05, 4.69) is 15.2 Å². The first-order valence-electron chi connectivity index (χ1n) is 5.61. The normalized spacial score (nSPS) is 10.2. The highest BCUT2D eigenvalue weighted by Crippen LogP contribution is 2.23. The lowest BCUT2D eigenvalue weighted by molar-refractivity contribution is 0.483. The fourth-order valence-corrected chi connectivity index (χ4v) is 1.65. The summed E-state index contributed by atoms with van der Waals surface area (Å²) >= 11 is 0. The molecule has 0 radical (unpaired) electrons. The summed E-state index contributed by atoms with van der Waals surface area (Å²) in [7, 11) is 0. The maximum Gasteiger partial charge on any atom is 0.161 e. The minimum absolute atomic E-state index is 0.751. The molecule has 0 atom stereocenters. The second kappa shape index (κ2) is 4.71.